The van der Waals surface area contributed by atoms with Crippen molar-refractivity contribution in [3.05, 3.63) is 42.5 Å². The van der Waals surface area contributed by atoms with Gasteiger partial charge in [-0.3, -0.25) is 0 Å². The molecule has 0 amide bonds. The zero-order chi connectivity index (χ0) is 12.2. The van der Waals surface area contributed by atoms with E-state index < -0.39 is 0 Å². The van der Waals surface area contributed by atoms with Gasteiger partial charge in [-0.25, -0.2) is 0 Å². The molecule has 1 aliphatic carbocycles. The van der Waals surface area contributed by atoms with Gasteiger partial charge in [0.2, 0.25) is 0 Å². The summed E-state index contributed by atoms with van der Waals surface area (Å²) < 4.78 is 5.75. The van der Waals surface area contributed by atoms with E-state index >= 15 is 0 Å². The van der Waals surface area contributed by atoms with Gasteiger partial charge in [-0.05, 0) is 48.2 Å². The quantitative estimate of drug-likeness (QED) is 0.784. The molecular formula is C16H19NO. The molecule has 0 aliphatic heterocycles. The molecule has 0 unspecified atom stereocenters. The van der Waals surface area contributed by atoms with E-state index in [4.69, 9.17) is 4.74 Å². The molecule has 1 saturated carbocycles. The molecule has 2 aromatic carbocycles. The number of rotatable bonds is 6. The van der Waals surface area contributed by atoms with Gasteiger partial charge >= 0.3 is 0 Å². The predicted octanol–water partition coefficient (Wildman–Crippen LogP) is 3.22. The Kier molecular flexibility index (Phi) is 3.47. The Morgan fingerprint density at radius 1 is 1.06 bits per heavy atom. The van der Waals surface area contributed by atoms with Gasteiger partial charge in [0.1, 0.15) is 12.4 Å². The van der Waals surface area contributed by atoms with Gasteiger partial charge < -0.3 is 10.1 Å². The first-order chi connectivity index (χ1) is 8.92. The molecule has 2 nitrogen and oxygen atoms in total. The molecule has 2 aromatic rings. The zero-order valence-electron chi connectivity index (χ0n) is 10.6. The molecule has 1 fully saturated rings. The molecule has 1 N–H and O–H groups in total. The van der Waals surface area contributed by atoms with Crippen molar-refractivity contribution >= 4 is 10.8 Å². The molecule has 0 atom stereocenters. The Morgan fingerprint density at radius 3 is 2.72 bits per heavy atom. The van der Waals surface area contributed by atoms with Crippen molar-refractivity contribution in [1.29, 1.82) is 0 Å². The predicted molar refractivity (Wildman–Crippen MR) is 75.0 cm³/mol. The molecule has 3 rings (SSSR count). The average Bonchev–Trinajstić information content (AvgIpc) is 3.22. The van der Waals surface area contributed by atoms with E-state index in [1.54, 1.807) is 0 Å². The van der Waals surface area contributed by atoms with Crippen LogP contribution in [0.5, 0.6) is 5.75 Å². The lowest BCUT2D eigenvalue weighted by Gasteiger charge is -2.08. The maximum atomic E-state index is 5.75. The number of fused-ring (bicyclic) bond motifs is 1. The van der Waals surface area contributed by atoms with E-state index in [2.05, 4.69) is 41.7 Å². The monoisotopic (exact) mass is 241 g/mol. The molecule has 0 aromatic heterocycles. The Bertz CT molecular complexity index is 519. The van der Waals surface area contributed by atoms with Crippen LogP contribution >= 0.6 is 0 Å². The second-order valence-corrected chi connectivity index (χ2v) is 5.00. The molecule has 0 heterocycles. The molecule has 2 heteroatoms. The first kappa shape index (κ1) is 11.5. The fourth-order valence-corrected chi connectivity index (χ4v) is 2.13. The number of ether oxygens (including phenoxy) is 1. The minimum atomic E-state index is 0.741. The summed E-state index contributed by atoms with van der Waals surface area (Å²) in [5.74, 6) is 1.90. The van der Waals surface area contributed by atoms with Crippen molar-refractivity contribution < 1.29 is 4.74 Å². The van der Waals surface area contributed by atoms with Crippen LogP contribution in [0.25, 0.3) is 10.8 Å². The van der Waals surface area contributed by atoms with E-state index in [1.165, 1.54) is 23.6 Å². The number of benzene rings is 2. The first-order valence-electron chi connectivity index (χ1n) is 6.74. The van der Waals surface area contributed by atoms with Crippen LogP contribution in [0.15, 0.2) is 42.5 Å². The van der Waals surface area contributed by atoms with Crippen LogP contribution in [0.2, 0.25) is 0 Å². The highest BCUT2D eigenvalue weighted by Crippen LogP contribution is 2.27. The Labute approximate surface area is 108 Å². The number of hydrogen-bond acceptors (Lipinski definition) is 2. The summed E-state index contributed by atoms with van der Waals surface area (Å²) in [6.45, 7) is 2.83. The highest BCUT2D eigenvalue weighted by molar-refractivity contribution is 5.83. The fraction of sp³-hybridized carbons (Fsp3) is 0.375. The number of hydrogen-bond donors (Lipinski definition) is 1. The lowest BCUT2D eigenvalue weighted by Crippen LogP contribution is -2.23. The standard InChI is InChI=1S/C16H19NO/c1-2-4-15-11-16(8-7-14(15)3-1)18-10-9-17-12-13-5-6-13/h1-4,7-8,11,13,17H,5-6,9-10,12H2. The second kappa shape index (κ2) is 5.40. The molecule has 0 saturated heterocycles. The van der Waals surface area contributed by atoms with E-state index in [9.17, 15) is 0 Å². The smallest absolute Gasteiger partial charge is 0.120 e. The maximum Gasteiger partial charge on any atom is 0.120 e. The largest absolute Gasteiger partial charge is 0.492 e. The fourth-order valence-electron chi connectivity index (χ4n) is 2.13. The molecular weight excluding hydrogens is 222 g/mol. The van der Waals surface area contributed by atoms with Crippen LogP contribution in [-0.2, 0) is 0 Å². The minimum Gasteiger partial charge on any atom is -0.492 e. The van der Waals surface area contributed by atoms with Crippen molar-refractivity contribution in [2.45, 2.75) is 12.8 Å². The SMILES string of the molecule is c1ccc2cc(OCCNCC3CC3)ccc2c1. The van der Waals surface area contributed by atoms with Crippen LogP contribution in [0.1, 0.15) is 12.8 Å². The third-order valence-electron chi connectivity index (χ3n) is 3.40. The molecule has 0 bridgehead atoms. The Balaban J connectivity index is 1.50. The van der Waals surface area contributed by atoms with E-state index in [1.807, 2.05) is 6.07 Å². The van der Waals surface area contributed by atoms with Crippen LogP contribution < -0.4 is 10.1 Å². The second-order valence-electron chi connectivity index (χ2n) is 5.00. The van der Waals surface area contributed by atoms with E-state index in [0.717, 1.165) is 31.4 Å². The summed E-state index contributed by atoms with van der Waals surface area (Å²) in [5.41, 5.74) is 0. The normalized spacial score (nSPS) is 14.9. The van der Waals surface area contributed by atoms with Crippen LogP contribution in [0, 0.1) is 5.92 Å². The highest BCUT2D eigenvalue weighted by Gasteiger charge is 2.19. The zero-order valence-corrected chi connectivity index (χ0v) is 10.6. The minimum absolute atomic E-state index is 0.741. The molecule has 18 heavy (non-hydrogen) atoms. The first-order valence-corrected chi connectivity index (χ1v) is 6.74. The summed E-state index contributed by atoms with van der Waals surface area (Å²) in [6, 6.07) is 14.6. The summed E-state index contributed by atoms with van der Waals surface area (Å²) in [4.78, 5) is 0. The molecule has 0 radical (unpaired) electrons. The van der Waals surface area contributed by atoms with Crippen LogP contribution in [0.4, 0.5) is 0 Å². The van der Waals surface area contributed by atoms with Crippen molar-refractivity contribution in [2.24, 2.45) is 5.92 Å². The van der Waals surface area contributed by atoms with Gasteiger partial charge in [-0.1, -0.05) is 30.3 Å². The molecule has 94 valence electrons. The van der Waals surface area contributed by atoms with Crippen LogP contribution in [0.3, 0.4) is 0 Å². The third-order valence-corrected chi connectivity index (χ3v) is 3.40. The van der Waals surface area contributed by atoms with Gasteiger partial charge in [-0.2, -0.15) is 0 Å². The Hall–Kier alpha value is -1.54. The highest BCUT2D eigenvalue weighted by atomic mass is 16.5. The van der Waals surface area contributed by atoms with Crippen LogP contribution in [-0.4, -0.2) is 19.7 Å². The lowest BCUT2D eigenvalue weighted by molar-refractivity contribution is 0.313. The van der Waals surface area contributed by atoms with E-state index in [0.29, 0.717) is 0 Å². The average molecular weight is 241 g/mol. The van der Waals surface area contributed by atoms with Gasteiger partial charge in [0.05, 0.1) is 0 Å². The molecule has 0 spiro atoms. The van der Waals surface area contributed by atoms with Gasteiger partial charge in [-0.15, -0.1) is 0 Å². The summed E-state index contributed by atoms with van der Waals surface area (Å²) >= 11 is 0. The van der Waals surface area contributed by atoms with Gasteiger partial charge in [0.15, 0.2) is 0 Å². The van der Waals surface area contributed by atoms with Gasteiger partial charge in [0, 0.05) is 6.54 Å². The number of nitrogens with one attached hydrogen (secondary N) is 1. The topological polar surface area (TPSA) is 21.3 Å². The van der Waals surface area contributed by atoms with Crippen molar-refractivity contribution in [1.82, 2.24) is 5.32 Å². The van der Waals surface area contributed by atoms with Crippen molar-refractivity contribution in [2.75, 3.05) is 19.7 Å². The summed E-state index contributed by atoms with van der Waals surface area (Å²) in [7, 11) is 0. The van der Waals surface area contributed by atoms with Crippen molar-refractivity contribution in [3.63, 3.8) is 0 Å². The van der Waals surface area contributed by atoms with E-state index in [-0.39, 0.29) is 0 Å². The summed E-state index contributed by atoms with van der Waals surface area (Å²) in [5, 5.41) is 5.93. The van der Waals surface area contributed by atoms with Crippen molar-refractivity contribution in [3.8, 4) is 5.75 Å². The summed E-state index contributed by atoms with van der Waals surface area (Å²) in [6.07, 6.45) is 2.80. The maximum absolute atomic E-state index is 5.75. The lowest BCUT2D eigenvalue weighted by atomic mass is 10.1. The van der Waals surface area contributed by atoms with Gasteiger partial charge in [0.25, 0.3) is 0 Å². The Morgan fingerprint density at radius 2 is 1.89 bits per heavy atom. The molecule has 1 aliphatic rings. The third kappa shape index (κ3) is 3.02.